The van der Waals surface area contributed by atoms with Crippen molar-refractivity contribution >= 4 is 5.84 Å². The van der Waals surface area contributed by atoms with E-state index in [1.807, 2.05) is 13.8 Å². The Morgan fingerprint density at radius 3 is 2.11 bits per heavy atom. The van der Waals surface area contributed by atoms with Gasteiger partial charge in [0.15, 0.2) is 5.41 Å². The van der Waals surface area contributed by atoms with Gasteiger partial charge >= 0.3 is 0 Å². The van der Waals surface area contributed by atoms with Crippen LogP contribution in [-0.4, -0.2) is 26.0 Å². The van der Waals surface area contributed by atoms with E-state index in [1.54, 1.807) is 0 Å². The predicted octanol–water partition coefficient (Wildman–Crippen LogP) is 0.610. The van der Waals surface area contributed by atoms with Crippen LogP contribution in [0.15, 0.2) is 4.99 Å². The summed E-state index contributed by atoms with van der Waals surface area (Å²) < 4.78 is 10.6. The highest BCUT2D eigenvalue weighted by atomic mass is 16.7. The van der Waals surface area contributed by atoms with Crippen molar-refractivity contribution < 1.29 is 9.47 Å². The number of nitrogens with two attached hydrogens (primary N) is 1. The van der Waals surface area contributed by atoms with Gasteiger partial charge in [-0.2, -0.15) is 10.5 Å². The van der Waals surface area contributed by atoms with Crippen molar-refractivity contribution in [1.82, 2.24) is 0 Å². The monoisotopic (exact) mass is 248 g/mol. The minimum atomic E-state index is -1.48. The Bertz CT molecular complexity index is 497. The molecule has 2 rings (SSSR count). The fourth-order valence-electron chi connectivity index (χ4n) is 3.59. The molecular formula is C12H16N4O2. The molecule has 18 heavy (non-hydrogen) atoms. The normalized spacial score (nSPS) is 39.7. The summed E-state index contributed by atoms with van der Waals surface area (Å²) >= 11 is 0. The zero-order chi connectivity index (χ0) is 13.8. The van der Waals surface area contributed by atoms with E-state index < -0.39 is 16.7 Å². The van der Waals surface area contributed by atoms with Gasteiger partial charge in [-0.15, -0.1) is 0 Å². The molecule has 0 aromatic carbocycles. The molecule has 0 saturated heterocycles. The lowest BCUT2D eigenvalue weighted by molar-refractivity contribution is -0.233. The molecule has 0 unspecified atom stereocenters. The molecule has 1 fully saturated rings. The lowest BCUT2D eigenvalue weighted by Crippen LogP contribution is -2.42. The molecule has 1 heterocycles. The first-order valence-corrected chi connectivity index (χ1v) is 5.72. The van der Waals surface area contributed by atoms with Crippen LogP contribution in [0.3, 0.4) is 0 Å². The number of nitriles is 2. The summed E-state index contributed by atoms with van der Waals surface area (Å²) in [6.07, 6.45) is 0. The highest BCUT2D eigenvalue weighted by Gasteiger charge is 2.93. The Labute approximate surface area is 106 Å². The first kappa shape index (κ1) is 12.8. The number of fused-ring (bicyclic) bond motifs is 1. The number of aliphatic imine (C=N–C) groups is 1. The maximum atomic E-state index is 9.61. The van der Waals surface area contributed by atoms with Gasteiger partial charge in [0.1, 0.15) is 11.3 Å². The second-order valence-corrected chi connectivity index (χ2v) is 5.05. The largest absolute Gasteiger partial charge is 0.386 e. The summed E-state index contributed by atoms with van der Waals surface area (Å²) in [5.41, 5.74) is 3.65. The van der Waals surface area contributed by atoms with Gasteiger partial charge in [-0.1, -0.05) is 13.8 Å². The van der Waals surface area contributed by atoms with Gasteiger partial charge in [-0.05, 0) is 5.92 Å². The number of amidine groups is 1. The minimum Gasteiger partial charge on any atom is -0.386 e. The lowest BCUT2D eigenvalue weighted by atomic mass is 9.93. The van der Waals surface area contributed by atoms with Gasteiger partial charge < -0.3 is 15.2 Å². The molecule has 1 saturated carbocycles. The molecule has 0 spiro atoms. The first-order chi connectivity index (χ1) is 8.44. The summed E-state index contributed by atoms with van der Waals surface area (Å²) in [4.78, 5) is 4.11. The van der Waals surface area contributed by atoms with E-state index in [9.17, 15) is 10.5 Å². The number of rotatable bonds is 3. The zero-order valence-electron chi connectivity index (χ0n) is 10.9. The third-order valence-electron chi connectivity index (χ3n) is 4.21. The zero-order valence-corrected chi connectivity index (χ0v) is 10.9. The van der Waals surface area contributed by atoms with Gasteiger partial charge in [-0.25, -0.2) is 4.99 Å². The lowest BCUT2D eigenvalue weighted by Gasteiger charge is -2.29. The van der Waals surface area contributed by atoms with E-state index in [-0.39, 0.29) is 17.7 Å². The summed E-state index contributed by atoms with van der Waals surface area (Å²) in [6, 6.07) is 4.37. The summed E-state index contributed by atoms with van der Waals surface area (Å²) in [5.74, 6) is -1.48. The van der Waals surface area contributed by atoms with Crippen molar-refractivity contribution in [2.24, 2.45) is 33.4 Å². The number of ether oxygens (including phenoxy) is 2. The molecule has 0 aromatic heterocycles. The predicted molar refractivity (Wildman–Crippen MR) is 62.8 cm³/mol. The topological polar surface area (TPSA) is 104 Å². The van der Waals surface area contributed by atoms with Crippen molar-refractivity contribution in [3.8, 4) is 12.1 Å². The molecule has 2 N–H and O–H groups in total. The van der Waals surface area contributed by atoms with E-state index in [4.69, 9.17) is 15.2 Å². The summed E-state index contributed by atoms with van der Waals surface area (Å²) in [5, 5.41) is 19.1. The second kappa shape index (κ2) is 3.44. The SMILES string of the molecule is COC1(OC)N=C(N)[C@@]2(C#N)[C@@H](C(C)C)[C@@]12C#N. The number of hydrogen-bond acceptors (Lipinski definition) is 6. The van der Waals surface area contributed by atoms with Crippen molar-refractivity contribution in [1.29, 1.82) is 10.5 Å². The van der Waals surface area contributed by atoms with Crippen LogP contribution in [0.4, 0.5) is 0 Å². The van der Waals surface area contributed by atoms with Crippen LogP contribution in [0.25, 0.3) is 0 Å². The molecule has 0 radical (unpaired) electrons. The second-order valence-electron chi connectivity index (χ2n) is 5.05. The molecule has 0 amide bonds. The fraction of sp³-hybridized carbons (Fsp3) is 0.750. The van der Waals surface area contributed by atoms with Crippen molar-refractivity contribution in [2.75, 3.05) is 14.2 Å². The van der Waals surface area contributed by atoms with Crippen LogP contribution >= 0.6 is 0 Å². The Kier molecular flexibility index (Phi) is 2.45. The summed E-state index contributed by atoms with van der Waals surface area (Å²) in [7, 11) is 2.81. The molecule has 1 aliphatic heterocycles. The van der Waals surface area contributed by atoms with Crippen LogP contribution in [0.5, 0.6) is 0 Å². The van der Waals surface area contributed by atoms with Gasteiger partial charge in [0.2, 0.25) is 0 Å². The minimum absolute atomic E-state index is 0.100. The van der Waals surface area contributed by atoms with E-state index >= 15 is 0 Å². The molecule has 2 aliphatic rings. The quantitative estimate of drug-likeness (QED) is 0.737. The van der Waals surface area contributed by atoms with Crippen molar-refractivity contribution in [3.05, 3.63) is 0 Å². The van der Waals surface area contributed by atoms with Crippen LogP contribution in [0.2, 0.25) is 0 Å². The van der Waals surface area contributed by atoms with E-state index in [0.29, 0.717) is 0 Å². The maximum absolute atomic E-state index is 9.61. The smallest absolute Gasteiger partial charge is 0.292 e. The molecule has 1 aliphatic carbocycles. The molecule has 96 valence electrons. The molecule has 6 nitrogen and oxygen atoms in total. The van der Waals surface area contributed by atoms with E-state index in [0.717, 1.165) is 0 Å². The molecule has 0 bridgehead atoms. The van der Waals surface area contributed by atoms with Crippen molar-refractivity contribution in [3.63, 3.8) is 0 Å². The molecule has 3 atom stereocenters. The number of methoxy groups -OCH3 is 2. The highest BCUT2D eigenvalue weighted by Crippen LogP contribution is 2.79. The number of hydrogen-bond donors (Lipinski definition) is 1. The third-order valence-corrected chi connectivity index (χ3v) is 4.21. The van der Waals surface area contributed by atoms with Crippen LogP contribution in [0.1, 0.15) is 13.8 Å². The molecule has 6 heteroatoms. The maximum Gasteiger partial charge on any atom is 0.292 e. The third kappa shape index (κ3) is 0.902. The average molecular weight is 248 g/mol. The Hall–Kier alpha value is -1.63. The van der Waals surface area contributed by atoms with Crippen LogP contribution in [-0.2, 0) is 9.47 Å². The number of nitrogens with zero attached hydrogens (tertiary/aromatic N) is 3. The summed E-state index contributed by atoms with van der Waals surface area (Å²) in [6.45, 7) is 3.90. The standard InChI is InChI=1S/C12H16N4O2/c1-7(2)8-10(5-13)9(15)16-12(17-3,18-4)11(8,10)6-14/h7-8H,1-4H3,(H2,15,16)/t8-,10-,11-/m1/s1. The fourth-order valence-corrected chi connectivity index (χ4v) is 3.59. The van der Waals surface area contributed by atoms with Crippen LogP contribution < -0.4 is 5.73 Å². The Morgan fingerprint density at radius 2 is 1.83 bits per heavy atom. The molecule has 0 aromatic rings. The molecular weight excluding hydrogens is 232 g/mol. The van der Waals surface area contributed by atoms with Gasteiger partial charge in [-0.3, -0.25) is 0 Å². The van der Waals surface area contributed by atoms with Gasteiger partial charge in [0, 0.05) is 20.1 Å². The van der Waals surface area contributed by atoms with Gasteiger partial charge in [0.25, 0.3) is 5.91 Å². The van der Waals surface area contributed by atoms with E-state index in [1.165, 1.54) is 14.2 Å². The first-order valence-electron chi connectivity index (χ1n) is 5.72. The van der Waals surface area contributed by atoms with Crippen molar-refractivity contribution in [2.45, 2.75) is 19.8 Å². The van der Waals surface area contributed by atoms with Crippen LogP contribution in [0, 0.1) is 45.3 Å². The Balaban J connectivity index is 2.69. The Morgan fingerprint density at radius 1 is 1.28 bits per heavy atom. The highest BCUT2D eigenvalue weighted by molar-refractivity contribution is 5.98. The van der Waals surface area contributed by atoms with Gasteiger partial charge in [0.05, 0.1) is 12.1 Å². The van der Waals surface area contributed by atoms with E-state index in [2.05, 4.69) is 17.1 Å². The average Bonchev–Trinajstić information content (AvgIpc) is 2.95.